The molecule has 0 fully saturated rings. The van der Waals surface area contributed by atoms with Crippen LogP contribution in [0.2, 0.25) is 0 Å². The van der Waals surface area contributed by atoms with Crippen LogP contribution in [0.3, 0.4) is 0 Å². The van der Waals surface area contributed by atoms with Gasteiger partial charge >= 0.3 is 0 Å². The van der Waals surface area contributed by atoms with E-state index in [9.17, 15) is 13.6 Å². The van der Waals surface area contributed by atoms with Crippen molar-refractivity contribution in [3.8, 4) is 10.8 Å². The number of hydrogen-bond donors (Lipinski definition) is 1. The van der Waals surface area contributed by atoms with E-state index in [1.165, 1.54) is 17.4 Å². The molecular formula is C15H11F2N3O2S2. The number of carbonyl (C=O) groups excluding carboxylic acids is 1. The lowest BCUT2D eigenvalue weighted by atomic mass is 10.3. The summed E-state index contributed by atoms with van der Waals surface area (Å²) in [5, 5.41) is 11.7. The Morgan fingerprint density at radius 1 is 1.33 bits per heavy atom. The summed E-state index contributed by atoms with van der Waals surface area (Å²) < 4.78 is 31.9. The summed E-state index contributed by atoms with van der Waals surface area (Å²) in [6.45, 7) is 1.62. The van der Waals surface area contributed by atoms with E-state index in [2.05, 4.69) is 15.5 Å². The summed E-state index contributed by atoms with van der Waals surface area (Å²) in [5.41, 5.74) is -0.0846. The predicted molar refractivity (Wildman–Crippen MR) is 87.9 cm³/mol. The molecule has 3 aromatic rings. The van der Waals surface area contributed by atoms with Crippen LogP contribution in [-0.2, 0) is 4.79 Å². The Kier molecular flexibility index (Phi) is 4.91. The number of halogens is 2. The molecule has 2 aromatic heterocycles. The van der Waals surface area contributed by atoms with Crippen LogP contribution in [0.1, 0.15) is 6.92 Å². The van der Waals surface area contributed by atoms with Gasteiger partial charge in [0.1, 0.15) is 11.6 Å². The first kappa shape index (κ1) is 16.6. The van der Waals surface area contributed by atoms with Crippen LogP contribution in [0.4, 0.5) is 14.5 Å². The van der Waals surface area contributed by atoms with Crippen molar-refractivity contribution in [1.29, 1.82) is 0 Å². The van der Waals surface area contributed by atoms with Crippen molar-refractivity contribution in [2.45, 2.75) is 17.4 Å². The molecule has 0 saturated heterocycles. The van der Waals surface area contributed by atoms with Gasteiger partial charge in [-0.3, -0.25) is 4.79 Å². The Bertz CT molecular complexity index is 852. The monoisotopic (exact) mass is 367 g/mol. The molecule has 0 aliphatic heterocycles. The van der Waals surface area contributed by atoms with Crippen LogP contribution >= 0.6 is 23.1 Å². The molecule has 1 amide bonds. The van der Waals surface area contributed by atoms with Crippen molar-refractivity contribution in [3.05, 3.63) is 47.3 Å². The molecule has 1 unspecified atom stereocenters. The van der Waals surface area contributed by atoms with Gasteiger partial charge in [0.15, 0.2) is 0 Å². The van der Waals surface area contributed by atoms with Crippen LogP contribution in [0.25, 0.3) is 10.8 Å². The van der Waals surface area contributed by atoms with Gasteiger partial charge in [-0.2, -0.15) is 0 Å². The second-order valence-electron chi connectivity index (χ2n) is 4.72. The Morgan fingerprint density at radius 2 is 2.17 bits per heavy atom. The number of rotatable bonds is 5. The van der Waals surface area contributed by atoms with Crippen LogP contribution in [0.15, 0.2) is 45.4 Å². The van der Waals surface area contributed by atoms with Crippen molar-refractivity contribution in [1.82, 2.24) is 10.2 Å². The van der Waals surface area contributed by atoms with Crippen molar-refractivity contribution in [3.63, 3.8) is 0 Å². The number of aromatic nitrogens is 2. The van der Waals surface area contributed by atoms with E-state index in [0.29, 0.717) is 12.0 Å². The molecule has 24 heavy (non-hydrogen) atoms. The van der Waals surface area contributed by atoms with Crippen LogP contribution in [0, 0.1) is 11.6 Å². The minimum Gasteiger partial charge on any atom is -0.410 e. The molecule has 0 spiro atoms. The second kappa shape index (κ2) is 7.10. The van der Waals surface area contributed by atoms with Gasteiger partial charge in [0.05, 0.1) is 15.8 Å². The summed E-state index contributed by atoms with van der Waals surface area (Å²) >= 11 is 2.52. The topological polar surface area (TPSA) is 68.0 Å². The van der Waals surface area contributed by atoms with Crippen molar-refractivity contribution < 1.29 is 18.0 Å². The minimum absolute atomic E-state index is 0.0846. The number of benzene rings is 1. The molecule has 9 heteroatoms. The highest BCUT2D eigenvalue weighted by Gasteiger charge is 2.20. The van der Waals surface area contributed by atoms with Gasteiger partial charge in [-0.05, 0) is 30.5 Å². The number of nitrogens with zero attached hydrogens (tertiary/aromatic N) is 2. The average molecular weight is 367 g/mol. The lowest BCUT2D eigenvalue weighted by molar-refractivity contribution is -0.115. The first-order valence-corrected chi connectivity index (χ1v) is 8.59. The second-order valence-corrected chi connectivity index (χ2v) is 6.96. The third kappa shape index (κ3) is 3.80. The number of hydrogen-bond acceptors (Lipinski definition) is 6. The zero-order valence-electron chi connectivity index (χ0n) is 12.3. The summed E-state index contributed by atoms with van der Waals surface area (Å²) in [7, 11) is 0. The normalized spacial score (nSPS) is 12.1. The predicted octanol–water partition coefficient (Wildman–Crippen LogP) is 4.20. The SMILES string of the molecule is CC(Sc1nnc(-c2cccs2)o1)C(=O)Nc1ccc(F)cc1F. The maximum absolute atomic E-state index is 13.6. The van der Waals surface area contributed by atoms with Crippen molar-refractivity contribution in [2.24, 2.45) is 0 Å². The fourth-order valence-corrected chi connectivity index (χ4v) is 3.11. The van der Waals surface area contributed by atoms with Gasteiger partial charge < -0.3 is 9.73 Å². The summed E-state index contributed by atoms with van der Waals surface area (Å²) in [5.74, 6) is -1.62. The molecule has 0 aliphatic rings. The fraction of sp³-hybridized carbons (Fsp3) is 0.133. The Morgan fingerprint density at radius 3 is 2.88 bits per heavy atom. The molecule has 5 nitrogen and oxygen atoms in total. The lowest BCUT2D eigenvalue weighted by Gasteiger charge is -2.10. The lowest BCUT2D eigenvalue weighted by Crippen LogP contribution is -2.23. The van der Waals surface area contributed by atoms with Crippen LogP contribution < -0.4 is 5.32 Å². The highest BCUT2D eigenvalue weighted by molar-refractivity contribution is 8.00. The first-order valence-electron chi connectivity index (χ1n) is 6.83. The maximum atomic E-state index is 13.6. The van der Waals surface area contributed by atoms with Gasteiger partial charge in [-0.15, -0.1) is 21.5 Å². The van der Waals surface area contributed by atoms with E-state index >= 15 is 0 Å². The van der Waals surface area contributed by atoms with Crippen LogP contribution in [-0.4, -0.2) is 21.4 Å². The first-order chi connectivity index (χ1) is 11.5. The van der Waals surface area contributed by atoms with E-state index in [1.54, 1.807) is 6.92 Å². The third-order valence-electron chi connectivity index (χ3n) is 2.97. The molecule has 124 valence electrons. The van der Waals surface area contributed by atoms with Gasteiger partial charge in [-0.25, -0.2) is 8.78 Å². The third-order valence-corrected chi connectivity index (χ3v) is 4.77. The molecule has 0 aliphatic carbocycles. The number of amides is 1. The number of nitrogens with one attached hydrogen (secondary N) is 1. The minimum atomic E-state index is -0.835. The van der Waals surface area contributed by atoms with Gasteiger partial charge in [0.25, 0.3) is 11.1 Å². The van der Waals surface area contributed by atoms with Gasteiger partial charge in [0, 0.05) is 6.07 Å². The number of anilines is 1. The highest BCUT2D eigenvalue weighted by Crippen LogP contribution is 2.29. The number of thiophene rings is 1. The van der Waals surface area contributed by atoms with Crippen LogP contribution in [0.5, 0.6) is 0 Å². The Hall–Kier alpha value is -2.26. The number of thioether (sulfide) groups is 1. The Labute approximate surface area is 144 Å². The summed E-state index contributed by atoms with van der Waals surface area (Å²) in [6.07, 6.45) is 0. The molecule has 0 bridgehead atoms. The van der Waals surface area contributed by atoms with Gasteiger partial charge in [0.2, 0.25) is 5.91 Å². The molecule has 3 rings (SSSR count). The summed E-state index contributed by atoms with van der Waals surface area (Å²) in [4.78, 5) is 12.9. The molecule has 1 N–H and O–H groups in total. The highest BCUT2D eigenvalue weighted by atomic mass is 32.2. The smallest absolute Gasteiger partial charge is 0.277 e. The molecular weight excluding hydrogens is 356 g/mol. The van der Waals surface area contributed by atoms with E-state index < -0.39 is 22.8 Å². The average Bonchev–Trinajstić information content (AvgIpc) is 3.20. The van der Waals surface area contributed by atoms with E-state index in [-0.39, 0.29) is 10.9 Å². The summed E-state index contributed by atoms with van der Waals surface area (Å²) in [6, 6.07) is 6.66. The largest absolute Gasteiger partial charge is 0.410 e. The van der Waals surface area contributed by atoms with E-state index in [0.717, 1.165) is 22.7 Å². The number of carbonyl (C=O) groups is 1. The van der Waals surface area contributed by atoms with E-state index in [4.69, 9.17) is 4.42 Å². The fourth-order valence-electron chi connectivity index (χ4n) is 1.79. The standard InChI is InChI=1S/C15H11F2N3O2S2/c1-8(13(21)18-11-5-4-9(16)7-10(11)17)24-15-20-19-14(22-15)12-3-2-6-23-12/h2-8H,1H3,(H,18,21). The quantitative estimate of drug-likeness (QED) is 0.685. The van der Waals surface area contributed by atoms with Crippen molar-refractivity contribution >= 4 is 34.7 Å². The van der Waals surface area contributed by atoms with E-state index in [1.807, 2.05) is 17.5 Å². The molecule has 1 aromatic carbocycles. The zero-order valence-corrected chi connectivity index (χ0v) is 14.0. The molecule has 0 radical (unpaired) electrons. The Balaban J connectivity index is 1.64. The molecule has 0 saturated carbocycles. The molecule has 1 atom stereocenters. The van der Waals surface area contributed by atoms with Gasteiger partial charge in [-0.1, -0.05) is 17.8 Å². The zero-order chi connectivity index (χ0) is 17.1. The molecule has 2 heterocycles. The van der Waals surface area contributed by atoms with Crippen molar-refractivity contribution in [2.75, 3.05) is 5.32 Å². The maximum Gasteiger partial charge on any atom is 0.277 e.